The molecule has 0 amide bonds. The number of benzene rings is 2. The summed E-state index contributed by atoms with van der Waals surface area (Å²) in [6, 6.07) is 7.63. The van der Waals surface area contributed by atoms with Crippen molar-refractivity contribution in [2.24, 2.45) is 0 Å². The first-order valence-electron chi connectivity index (χ1n) is 9.74. The molecule has 0 saturated carbocycles. The van der Waals surface area contributed by atoms with Gasteiger partial charge in [-0.2, -0.15) is 0 Å². The molecule has 6 nitrogen and oxygen atoms in total. The van der Waals surface area contributed by atoms with E-state index >= 15 is 0 Å². The maximum Gasteiger partial charge on any atom is 0.338 e. The standard InChI is InChI=1S/C22H20F2N2O4S/c1-3-28-21(27)18-12(2)26(13-7-8-16-17(11-13)30-10-9-29-16)22(31)25-20(18)19-14(23)5-4-6-15(19)24/h4-8,11,20H,3,9-10H2,1-2H3,(H,25,31)/t20-/m0/s1. The molecular formula is C22H20F2N2O4S. The first-order valence-corrected chi connectivity index (χ1v) is 10.1. The molecule has 2 aromatic rings. The number of carbonyl (C=O) groups excluding carboxylic acids is 1. The van der Waals surface area contributed by atoms with Crippen molar-refractivity contribution in [2.45, 2.75) is 19.9 Å². The fraction of sp³-hybridized carbons (Fsp3) is 0.273. The summed E-state index contributed by atoms with van der Waals surface area (Å²) in [7, 11) is 0. The first-order chi connectivity index (χ1) is 14.9. The van der Waals surface area contributed by atoms with Gasteiger partial charge in [0.15, 0.2) is 16.6 Å². The van der Waals surface area contributed by atoms with Crippen molar-refractivity contribution in [3.63, 3.8) is 0 Å². The van der Waals surface area contributed by atoms with Crippen molar-refractivity contribution in [1.82, 2.24) is 5.32 Å². The van der Waals surface area contributed by atoms with Gasteiger partial charge in [-0.25, -0.2) is 13.6 Å². The van der Waals surface area contributed by atoms with Crippen LogP contribution in [0.25, 0.3) is 0 Å². The van der Waals surface area contributed by atoms with Gasteiger partial charge in [-0.15, -0.1) is 0 Å². The maximum atomic E-state index is 14.6. The summed E-state index contributed by atoms with van der Waals surface area (Å²) in [6.45, 7) is 4.29. The molecule has 2 aromatic carbocycles. The third-order valence-electron chi connectivity index (χ3n) is 5.05. The fourth-order valence-electron chi connectivity index (χ4n) is 3.70. The topological polar surface area (TPSA) is 60.0 Å². The number of ether oxygens (including phenoxy) is 3. The third kappa shape index (κ3) is 3.81. The van der Waals surface area contributed by atoms with Crippen LogP contribution in [0.2, 0.25) is 0 Å². The minimum Gasteiger partial charge on any atom is -0.486 e. The Labute approximate surface area is 183 Å². The zero-order valence-electron chi connectivity index (χ0n) is 16.9. The summed E-state index contributed by atoms with van der Waals surface area (Å²) in [5, 5.41) is 3.09. The summed E-state index contributed by atoms with van der Waals surface area (Å²) in [5.41, 5.74) is 0.767. The highest BCUT2D eigenvalue weighted by atomic mass is 32.1. The Hall–Kier alpha value is -3.20. The van der Waals surface area contributed by atoms with E-state index in [2.05, 4.69) is 5.32 Å². The van der Waals surface area contributed by atoms with Crippen LogP contribution in [0.5, 0.6) is 11.5 Å². The molecule has 0 fully saturated rings. The van der Waals surface area contributed by atoms with E-state index in [1.165, 1.54) is 6.07 Å². The molecule has 9 heteroatoms. The predicted octanol–water partition coefficient (Wildman–Crippen LogP) is 4.01. The Morgan fingerprint density at radius 1 is 1.19 bits per heavy atom. The van der Waals surface area contributed by atoms with Crippen LogP contribution < -0.4 is 19.7 Å². The quantitative estimate of drug-likeness (QED) is 0.563. The molecule has 1 atom stereocenters. The molecule has 0 aromatic heterocycles. The van der Waals surface area contributed by atoms with Crippen molar-refractivity contribution in [1.29, 1.82) is 0 Å². The number of hydrogen-bond acceptors (Lipinski definition) is 5. The molecule has 4 rings (SSSR count). The van der Waals surface area contributed by atoms with Gasteiger partial charge in [-0.3, -0.25) is 4.90 Å². The lowest BCUT2D eigenvalue weighted by Gasteiger charge is -2.38. The highest BCUT2D eigenvalue weighted by molar-refractivity contribution is 7.80. The van der Waals surface area contributed by atoms with Crippen LogP contribution in [0, 0.1) is 11.6 Å². The molecule has 0 spiro atoms. The lowest BCUT2D eigenvalue weighted by molar-refractivity contribution is -0.139. The fourth-order valence-corrected chi connectivity index (χ4v) is 4.06. The van der Waals surface area contributed by atoms with Crippen LogP contribution in [0.3, 0.4) is 0 Å². The predicted molar refractivity (Wildman–Crippen MR) is 114 cm³/mol. The van der Waals surface area contributed by atoms with E-state index in [0.29, 0.717) is 36.1 Å². The second-order valence-corrected chi connectivity index (χ2v) is 7.29. The van der Waals surface area contributed by atoms with E-state index in [9.17, 15) is 13.6 Å². The van der Waals surface area contributed by atoms with E-state index in [4.69, 9.17) is 26.4 Å². The average Bonchev–Trinajstić information content (AvgIpc) is 2.73. The largest absolute Gasteiger partial charge is 0.486 e. The Kier molecular flexibility index (Phi) is 5.77. The van der Waals surface area contributed by atoms with Crippen LogP contribution in [-0.2, 0) is 9.53 Å². The second-order valence-electron chi connectivity index (χ2n) is 6.90. The lowest BCUT2D eigenvalue weighted by Crippen LogP contribution is -2.48. The number of carbonyl (C=O) groups is 1. The van der Waals surface area contributed by atoms with Gasteiger partial charge in [0, 0.05) is 11.8 Å². The number of esters is 1. The van der Waals surface area contributed by atoms with Crippen molar-refractivity contribution in [2.75, 3.05) is 24.7 Å². The average molecular weight is 446 g/mol. The molecule has 0 saturated heterocycles. The zero-order valence-corrected chi connectivity index (χ0v) is 17.7. The Bertz CT molecular complexity index is 1070. The summed E-state index contributed by atoms with van der Waals surface area (Å²) < 4.78 is 45.5. The Morgan fingerprint density at radius 3 is 2.55 bits per heavy atom. The van der Waals surface area contributed by atoms with Crippen molar-refractivity contribution in [3.05, 3.63) is 64.9 Å². The Balaban J connectivity index is 1.85. The Morgan fingerprint density at radius 2 is 1.87 bits per heavy atom. The van der Waals surface area contributed by atoms with Crippen molar-refractivity contribution < 1.29 is 27.8 Å². The maximum absolute atomic E-state index is 14.6. The molecular weight excluding hydrogens is 426 g/mol. The number of anilines is 1. The molecule has 0 aliphatic carbocycles. The van der Waals surface area contributed by atoms with Gasteiger partial charge in [0.05, 0.1) is 29.5 Å². The van der Waals surface area contributed by atoms with Crippen LogP contribution in [0.15, 0.2) is 47.7 Å². The monoisotopic (exact) mass is 446 g/mol. The number of halogens is 2. The molecule has 2 aliphatic heterocycles. The number of nitrogens with zero attached hydrogens (tertiary/aromatic N) is 1. The second kappa shape index (κ2) is 8.50. The SMILES string of the molecule is CCOC(=O)C1=C(C)N(c2ccc3c(c2)OCCO3)C(=S)N[C@@H]1c1c(F)cccc1F. The summed E-state index contributed by atoms with van der Waals surface area (Å²) in [5.74, 6) is -1.13. The third-order valence-corrected chi connectivity index (χ3v) is 5.35. The summed E-state index contributed by atoms with van der Waals surface area (Å²) in [6.07, 6.45) is 0. The van der Waals surface area contributed by atoms with Crippen LogP contribution in [0.4, 0.5) is 14.5 Å². The molecule has 162 valence electrons. The number of allylic oxidation sites excluding steroid dienone is 1. The number of thiocarbonyl (C=S) groups is 1. The van der Waals surface area contributed by atoms with Crippen molar-refractivity contribution in [3.8, 4) is 11.5 Å². The van der Waals surface area contributed by atoms with Crippen LogP contribution in [0.1, 0.15) is 25.5 Å². The number of fused-ring (bicyclic) bond motifs is 1. The van der Waals surface area contributed by atoms with Crippen LogP contribution >= 0.6 is 12.2 Å². The molecule has 31 heavy (non-hydrogen) atoms. The minimum absolute atomic E-state index is 0.0642. The number of nitrogens with one attached hydrogen (secondary N) is 1. The highest BCUT2D eigenvalue weighted by Gasteiger charge is 2.38. The van der Waals surface area contributed by atoms with Gasteiger partial charge in [-0.1, -0.05) is 6.07 Å². The lowest BCUT2D eigenvalue weighted by atomic mass is 9.94. The first kappa shape index (κ1) is 21.0. The summed E-state index contributed by atoms with van der Waals surface area (Å²) in [4.78, 5) is 14.5. The van der Waals surface area contributed by atoms with E-state index in [1.54, 1.807) is 36.9 Å². The molecule has 0 unspecified atom stereocenters. The zero-order chi connectivity index (χ0) is 22.1. The van der Waals surface area contributed by atoms with Gasteiger partial charge in [-0.05, 0) is 50.3 Å². The molecule has 0 bridgehead atoms. The molecule has 0 radical (unpaired) electrons. The van der Waals surface area contributed by atoms with Gasteiger partial charge >= 0.3 is 5.97 Å². The molecule has 2 aliphatic rings. The highest BCUT2D eigenvalue weighted by Crippen LogP contribution is 2.39. The van der Waals surface area contributed by atoms with E-state index < -0.39 is 23.6 Å². The van der Waals surface area contributed by atoms with E-state index in [1.807, 2.05) is 0 Å². The van der Waals surface area contributed by atoms with Gasteiger partial charge in [0.25, 0.3) is 0 Å². The van der Waals surface area contributed by atoms with E-state index in [0.717, 1.165) is 12.1 Å². The smallest absolute Gasteiger partial charge is 0.338 e. The molecule has 2 heterocycles. The minimum atomic E-state index is -1.14. The normalized spacial score (nSPS) is 18.0. The summed E-state index contributed by atoms with van der Waals surface area (Å²) >= 11 is 5.52. The number of hydrogen-bond donors (Lipinski definition) is 1. The van der Waals surface area contributed by atoms with Gasteiger partial charge in [0.2, 0.25) is 0 Å². The number of rotatable bonds is 4. The van der Waals surface area contributed by atoms with E-state index in [-0.39, 0.29) is 22.9 Å². The molecule has 1 N–H and O–H groups in total. The van der Waals surface area contributed by atoms with Gasteiger partial charge < -0.3 is 19.5 Å². The van der Waals surface area contributed by atoms with Crippen molar-refractivity contribution >= 4 is 29.0 Å². The van der Waals surface area contributed by atoms with Gasteiger partial charge in [0.1, 0.15) is 24.8 Å². The van der Waals surface area contributed by atoms with Crippen LogP contribution in [-0.4, -0.2) is 30.9 Å².